The lowest BCUT2D eigenvalue weighted by Crippen LogP contribution is -2.32. The summed E-state index contributed by atoms with van der Waals surface area (Å²) in [7, 11) is -1.44. The summed E-state index contributed by atoms with van der Waals surface area (Å²) in [6.07, 6.45) is 0. The third-order valence-corrected chi connectivity index (χ3v) is 6.55. The van der Waals surface area contributed by atoms with Gasteiger partial charge in [-0.05, 0) is 43.1 Å². The van der Waals surface area contributed by atoms with E-state index in [1.165, 1.54) is 36.7 Å². The van der Waals surface area contributed by atoms with Crippen LogP contribution < -0.4 is 5.32 Å². The molecule has 2 saturated heterocycles. The molecule has 1 aromatic carbocycles. The van der Waals surface area contributed by atoms with E-state index in [0.717, 1.165) is 13.1 Å². The number of sulfonamides is 1. The molecule has 1 aromatic rings. The Morgan fingerprint density at radius 3 is 1.92 bits per heavy atom. The first kappa shape index (κ1) is 17.8. The van der Waals surface area contributed by atoms with Gasteiger partial charge in [0.05, 0.1) is 30.2 Å². The summed E-state index contributed by atoms with van der Waals surface area (Å²) in [5.74, 6) is -0.855. The standard InChI is InChI=1S/C16H20N2O6S/c1-23-15(19)10-3-11(16(20)24-2)5-14(4-10)25(21,22)18-8-12-6-17-7-13(12)9-18/h3-5,12-13,17H,6-9H2,1-2H3/t12-,13+. The van der Waals surface area contributed by atoms with Crippen LogP contribution in [0.25, 0.3) is 0 Å². The third kappa shape index (κ3) is 3.26. The molecule has 0 unspecified atom stereocenters. The number of esters is 2. The normalized spacial score (nSPS) is 23.3. The highest BCUT2D eigenvalue weighted by Gasteiger charge is 2.41. The van der Waals surface area contributed by atoms with E-state index in [1.807, 2.05) is 0 Å². The first-order valence-corrected chi connectivity index (χ1v) is 9.33. The molecule has 1 N–H and O–H groups in total. The van der Waals surface area contributed by atoms with Gasteiger partial charge in [0.1, 0.15) is 0 Å². The molecule has 2 atom stereocenters. The Labute approximate surface area is 146 Å². The summed E-state index contributed by atoms with van der Waals surface area (Å²) in [5.41, 5.74) is -0.0185. The third-order valence-electron chi connectivity index (χ3n) is 4.74. The highest BCUT2D eigenvalue weighted by Crippen LogP contribution is 2.31. The molecule has 25 heavy (non-hydrogen) atoms. The van der Waals surface area contributed by atoms with E-state index in [4.69, 9.17) is 0 Å². The summed E-state index contributed by atoms with van der Waals surface area (Å²) in [6.45, 7) is 2.45. The van der Waals surface area contributed by atoms with E-state index in [9.17, 15) is 18.0 Å². The topological polar surface area (TPSA) is 102 Å². The molecule has 2 heterocycles. The van der Waals surface area contributed by atoms with Crippen molar-refractivity contribution in [3.8, 4) is 0 Å². The predicted octanol–water partition coefficient (Wildman–Crippen LogP) is 0.0997. The van der Waals surface area contributed by atoms with Crippen molar-refractivity contribution in [2.45, 2.75) is 4.90 Å². The lowest BCUT2D eigenvalue weighted by molar-refractivity contribution is 0.0598. The fraction of sp³-hybridized carbons (Fsp3) is 0.500. The van der Waals surface area contributed by atoms with E-state index in [-0.39, 0.29) is 16.0 Å². The predicted molar refractivity (Wildman–Crippen MR) is 87.7 cm³/mol. The van der Waals surface area contributed by atoms with Gasteiger partial charge in [-0.25, -0.2) is 18.0 Å². The maximum atomic E-state index is 13.0. The molecule has 2 aliphatic heterocycles. The number of benzene rings is 1. The Balaban J connectivity index is 1.99. The van der Waals surface area contributed by atoms with Gasteiger partial charge in [0, 0.05) is 13.1 Å². The molecule has 2 fully saturated rings. The second-order valence-corrected chi connectivity index (χ2v) is 8.17. The van der Waals surface area contributed by atoms with Gasteiger partial charge in [-0.2, -0.15) is 4.31 Å². The number of fused-ring (bicyclic) bond motifs is 1. The smallest absolute Gasteiger partial charge is 0.337 e. The maximum Gasteiger partial charge on any atom is 0.337 e. The number of hydrogen-bond donors (Lipinski definition) is 1. The van der Waals surface area contributed by atoms with Gasteiger partial charge in [0.2, 0.25) is 10.0 Å². The molecular weight excluding hydrogens is 348 g/mol. The van der Waals surface area contributed by atoms with Crippen molar-refractivity contribution in [2.75, 3.05) is 40.4 Å². The second-order valence-electron chi connectivity index (χ2n) is 6.23. The van der Waals surface area contributed by atoms with Gasteiger partial charge in [-0.3, -0.25) is 0 Å². The number of nitrogens with zero attached hydrogens (tertiary/aromatic N) is 1. The zero-order valence-corrected chi connectivity index (χ0v) is 14.8. The van der Waals surface area contributed by atoms with E-state index in [2.05, 4.69) is 14.8 Å². The molecule has 3 rings (SSSR count). The van der Waals surface area contributed by atoms with Gasteiger partial charge >= 0.3 is 11.9 Å². The Bertz CT molecular complexity index is 761. The first-order valence-electron chi connectivity index (χ1n) is 7.89. The van der Waals surface area contributed by atoms with Crippen LogP contribution in [0.4, 0.5) is 0 Å². The highest BCUT2D eigenvalue weighted by molar-refractivity contribution is 7.89. The Morgan fingerprint density at radius 1 is 1.00 bits per heavy atom. The summed E-state index contributed by atoms with van der Waals surface area (Å²) in [6, 6.07) is 3.74. The minimum absolute atomic E-state index is 0.00923. The number of rotatable bonds is 4. The average Bonchev–Trinajstić information content (AvgIpc) is 3.22. The molecule has 2 aliphatic rings. The Morgan fingerprint density at radius 2 is 1.48 bits per heavy atom. The minimum Gasteiger partial charge on any atom is -0.465 e. The number of carbonyl (C=O) groups excluding carboxylic acids is 2. The van der Waals surface area contributed by atoms with Gasteiger partial charge in [0.15, 0.2) is 0 Å². The number of methoxy groups -OCH3 is 2. The van der Waals surface area contributed by atoms with Crippen molar-refractivity contribution in [2.24, 2.45) is 11.8 Å². The second kappa shape index (κ2) is 6.74. The minimum atomic E-state index is -3.82. The van der Waals surface area contributed by atoms with Gasteiger partial charge in [-0.1, -0.05) is 0 Å². The van der Waals surface area contributed by atoms with Crippen molar-refractivity contribution < 1.29 is 27.5 Å². The lowest BCUT2D eigenvalue weighted by atomic mass is 10.0. The van der Waals surface area contributed by atoms with Crippen LogP contribution in [0, 0.1) is 11.8 Å². The number of ether oxygens (including phenoxy) is 2. The van der Waals surface area contributed by atoms with E-state index < -0.39 is 22.0 Å². The molecule has 0 amide bonds. The van der Waals surface area contributed by atoms with Crippen molar-refractivity contribution in [1.82, 2.24) is 9.62 Å². The summed E-state index contributed by atoms with van der Waals surface area (Å²) < 4.78 is 36.7. The van der Waals surface area contributed by atoms with Crippen LogP contribution in [0.3, 0.4) is 0 Å². The van der Waals surface area contributed by atoms with E-state index in [1.54, 1.807) is 0 Å². The van der Waals surface area contributed by atoms with Crippen LogP contribution in [0.1, 0.15) is 20.7 Å². The summed E-state index contributed by atoms with van der Waals surface area (Å²) in [4.78, 5) is 23.6. The Hall–Kier alpha value is -1.97. The van der Waals surface area contributed by atoms with Crippen LogP contribution in [-0.4, -0.2) is 65.1 Å². The monoisotopic (exact) mass is 368 g/mol. The summed E-state index contributed by atoms with van der Waals surface area (Å²) in [5, 5.41) is 3.26. The molecular formula is C16H20N2O6S. The van der Waals surface area contributed by atoms with Crippen LogP contribution in [0.2, 0.25) is 0 Å². The molecule has 0 aromatic heterocycles. The average molecular weight is 368 g/mol. The number of carbonyl (C=O) groups is 2. The first-order chi connectivity index (χ1) is 11.9. The van der Waals surface area contributed by atoms with Crippen LogP contribution in [0.5, 0.6) is 0 Å². The molecule has 8 nitrogen and oxygen atoms in total. The van der Waals surface area contributed by atoms with Gasteiger partial charge in [0.25, 0.3) is 0 Å². The van der Waals surface area contributed by atoms with Crippen molar-refractivity contribution in [3.63, 3.8) is 0 Å². The quantitative estimate of drug-likeness (QED) is 0.752. The van der Waals surface area contributed by atoms with E-state index in [0.29, 0.717) is 24.9 Å². The zero-order valence-electron chi connectivity index (χ0n) is 14.0. The van der Waals surface area contributed by atoms with Crippen molar-refractivity contribution >= 4 is 22.0 Å². The van der Waals surface area contributed by atoms with Gasteiger partial charge < -0.3 is 14.8 Å². The molecule has 0 aliphatic carbocycles. The molecule has 9 heteroatoms. The van der Waals surface area contributed by atoms with Crippen molar-refractivity contribution in [1.29, 1.82) is 0 Å². The fourth-order valence-corrected chi connectivity index (χ4v) is 5.00. The van der Waals surface area contributed by atoms with Crippen LogP contribution >= 0.6 is 0 Å². The highest BCUT2D eigenvalue weighted by atomic mass is 32.2. The Kier molecular flexibility index (Phi) is 4.81. The van der Waals surface area contributed by atoms with Gasteiger partial charge in [-0.15, -0.1) is 0 Å². The van der Waals surface area contributed by atoms with Crippen LogP contribution in [-0.2, 0) is 19.5 Å². The molecule has 136 valence electrons. The fourth-order valence-electron chi connectivity index (χ4n) is 3.38. The maximum absolute atomic E-state index is 13.0. The number of nitrogens with one attached hydrogen (secondary N) is 1. The SMILES string of the molecule is COC(=O)c1cc(C(=O)OC)cc(S(=O)(=O)N2C[C@H]3CNC[C@H]3C2)c1. The lowest BCUT2D eigenvalue weighted by Gasteiger charge is -2.18. The summed E-state index contributed by atoms with van der Waals surface area (Å²) >= 11 is 0. The molecule has 0 bridgehead atoms. The van der Waals surface area contributed by atoms with Crippen molar-refractivity contribution in [3.05, 3.63) is 29.3 Å². The largest absolute Gasteiger partial charge is 0.465 e. The molecule has 0 saturated carbocycles. The van der Waals surface area contributed by atoms with Crippen LogP contribution in [0.15, 0.2) is 23.1 Å². The zero-order chi connectivity index (χ0) is 18.2. The number of hydrogen-bond acceptors (Lipinski definition) is 7. The molecule has 0 spiro atoms. The molecule has 0 radical (unpaired) electrons. The van der Waals surface area contributed by atoms with E-state index >= 15 is 0 Å².